The fourth-order valence-electron chi connectivity index (χ4n) is 5.03. The van der Waals surface area contributed by atoms with E-state index in [0.717, 1.165) is 31.2 Å². The van der Waals surface area contributed by atoms with Crippen molar-refractivity contribution in [1.82, 2.24) is 0 Å². The summed E-state index contributed by atoms with van der Waals surface area (Å²) < 4.78 is 5.58. The lowest BCUT2D eigenvalue weighted by Crippen LogP contribution is -2.59. The van der Waals surface area contributed by atoms with E-state index >= 15 is 0 Å². The van der Waals surface area contributed by atoms with Crippen molar-refractivity contribution < 1.29 is 29.3 Å². The van der Waals surface area contributed by atoms with Crippen LogP contribution in [0.3, 0.4) is 0 Å². The van der Waals surface area contributed by atoms with Gasteiger partial charge in [-0.05, 0) is 57.0 Å². The average Bonchev–Trinajstić information content (AvgIpc) is 2.79. The van der Waals surface area contributed by atoms with Crippen LogP contribution in [-0.4, -0.2) is 33.3 Å². The molecule has 0 spiro atoms. The fourth-order valence-corrected chi connectivity index (χ4v) is 5.03. The second kappa shape index (κ2) is 9.94. The van der Waals surface area contributed by atoms with Crippen LogP contribution in [-0.2, 0) is 19.9 Å². The van der Waals surface area contributed by atoms with E-state index in [1.165, 1.54) is 26.3 Å². The first kappa shape index (κ1) is 26.6. The number of carbonyl (C=O) groups excluding carboxylic acids is 3. The molecule has 188 valence electrons. The average molecular weight is 481 g/mol. The third kappa shape index (κ3) is 4.76. The normalized spacial score (nSPS) is 23.3. The van der Waals surface area contributed by atoms with E-state index in [-0.39, 0.29) is 22.8 Å². The summed E-state index contributed by atoms with van der Waals surface area (Å²) in [5.41, 5.74) is -3.22. The third-order valence-corrected chi connectivity index (χ3v) is 7.08. The van der Waals surface area contributed by atoms with Crippen LogP contribution >= 0.6 is 0 Å². The number of aliphatic hydroxyl groups is 1. The number of fused-ring (bicyclic) bond motifs is 3. The van der Waals surface area contributed by atoms with Crippen LogP contribution in [0.25, 0.3) is 10.8 Å². The number of aryl methyl sites for hydroxylation is 1. The lowest BCUT2D eigenvalue weighted by atomic mass is 9.69. The van der Waals surface area contributed by atoms with Crippen LogP contribution in [0.4, 0.5) is 0 Å². The smallest absolute Gasteiger partial charge is 0.334 e. The summed E-state index contributed by atoms with van der Waals surface area (Å²) in [6.07, 6.45) is 7.25. The predicted octanol–water partition coefficient (Wildman–Crippen LogP) is 5.68. The van der Waals surface area contributed by atoms with Crippen molar-refractivity contribution in [2.45, 2.75) is 84.8 Å². The first-order valence-electron chi connectivity index (χ1n) is 12.4. The Morgan fingerprint density at radius 2 is 1.86 bits per heavy atom. The molecule has 0 fully saturated rings. The van der Waals surface area contributed by atoms with Gasteiger partial charge in [-0.25, -0.2) is 4.79 Å². The first-order chi connectivity index (χ1) is 16.4. The topological polar surface area (TPSA) is 101 Å². The molecule has 1 aliphatic carbocycles. The van der Waals surface area contributed by atoms with Gasteiger partial charge >= 0.3 is 5.97 Å². The molecule has 0 saturated carbocycles. The van der Waals surface area contributed by atoms with Crippen molar-refractivity contribution in [3.8, 4) is 5.75 Å². The van der Waals surface area contributed by atoms with Crippen LogP contribution in [0, 0.1) is 12.8 Å². The number of phenols is 1. The summed E-state index contributed by atoms with van der Waals surface area (Å²) >= 11 is 0. The van der Waals surface area contributed by atoms with E-state index in [2.05, 4.69) is 6.92 Å². The van der Waals surface area contributed by atoms with E-state index < -0.39 is 28.7 Å². The number of hydrogen-bond acceptors (Lipinski definition) is 6. The molecule has 35 heavy (non-hydrogen) atoms. The zero-order chi connectivity index (χ0) is 26.1. The second-order valence-electron chi connectivity index (χ2n) is 10.1. The van der Waals surface area contributed by atoms with Crippen molar-refractivity contribution in [3.05, 3.63) is 52.6 Å². The Labute approximate surface area is 207 Å². The fraction of sp³-hybridized carbons (Fsp3) is 0.483. The largest absolute Gasteiger partial charge is 0.507 e. The van der Waals surface area contributed by atoms with Crippen LogP contribution < -0.4 is 0 Å². The summed E-state index contributed by atoms with van der Waals surface area (Å²) in [5, 5.41) is 22.7. The molecule has 0 bridgehead atoms. The van der Waals surface area contributed by atoms with Crippen LogP contribution in [0.15, 0.2) is 35.9 Å². The Hall–Kier alpha value is -2.99. The molecule has 2 aromatic rings. The van der Waals surface area contributed by atoms with Crippen LogP contribution in [0.1, 0.15) is 88.2 Å². The maximum atomic E-state index is 13.7. The number of hydrogen-bond donors (Lipinski definition) is 2. The number of esters is 1. The molecule has 3 rings (SSSR count). The number of rotatable bonds is 8. The number of carbonyl (C=O) groups is 3. The molecule has 1 aliphatic rings. The lowest BCUT2D eigenvalue weighted by Gasteiger charge is -2.40. The van der Waals surface area contributed by atoms with E-state index in [1.54, 1.807) is 38.1 Å². The summed E-state index contributed by atoms with van der Waals surface area (Å²) in [6, 6.07) is 6.43. The van der Waals surface area contributed by atoms with Gasteiger partial charge in [-0.3, -0.25) is 9.59 Å². The summed E-state index contributed by atoms with van der Waals surface area (Å²) in [5.74, 6) is -2.42. The molecule has 6 nitrogen and oxygen atoms in total. The molecule has 0 radical (unpaired) electrons. The molecule has 6 heteroatoms. The van der Waals surface area contributed by atoms with Gasteiger partial charge in [0.1, 0.15) is 5.75 Å². The summed E-state index contributed by atoms with van der Waals surface area (Å²) in [4.78, 5) is 40.1. The maximum absolute atomic E-state index is 13.7. The third-order valence-electron chi connectivity index (χ3n) is 7.08. The Bertz CT molecular complexity index is 1210. The minimum absolute atomic E-state index is 0.00425. The highest BCUT2D eigenvalue weighted by molar-refractivity contribution is 6.28. The summed E-state index contributed by atoms with van der Waals surface area (Å²) in [6.45, 7) is 10.1. The van der Waals surface area contributed by atoms with Gasteiger partial charge in [0.2, 0.25) is 17.2 Å². The van der Waals surface area contributed by atoms with E-state index in [4.69, 9.17) is 4.74 Å². The maximum Gasteiger partial charge on any atom is 0.334 e. The molecular weight excluding hydrogens is 444 g/mol. The number of phenolic OH excluding ortho intramolecular Hbond substituents is 1. The second-order valence-corrected chi connectivity index (χ2v) is 10.1. The first-order valence-corrected chi connectivity index (χ1v) is 12.4. The number of ketones is 2. The predicted molar refractivity (Wildman–Crippen MR) is 135 cm³/mol. The van der Waals surface area contributed by atoms with Crippen molar-refractivity contribution >= 4 is 28.3 Å². The number of allylic oxidation sites excluding steroid dienone is 1. The van der Waals surface area contributed by atoms with Crippen molar-refractivity contribution in [1.29, 1.82) is 0 Å². The molecule has 2 N–H and O–H groups in total. The molecule has 0 aliphatic heterocycles. The van der Waals surface area contributed by atoms with Gasteiger partial charge in [0.05, 0.1) is 0 Å². The molecule has 2 aromatic carbocycles. The molecule has 0 amide bonds. The molecular formula is C29H36O6. The standard InChI is InChI=1S/C29H36O6/c1-7-8-9-10-12-17(2)15-19(4)26(32)35-29(6)25(31)24-20-14-11-13-18(3)23(20)22(30)16-21(24)28(5,34)27(29)33/h11,13-17,30,34H,7-10,12H2,1-6H3. The van der Waals surface area contributed by atoms with E-state index in [9.17, 15) is 24.6 Å². The van der Waals surface area contributed by atoms with Crippen LogP contribution in [0.2, 0.25) is 0 Å². The lowest BCUT2D eigenvalue weighted by molar-refractivity contribution is -0.167. The highest BCUT2D eigenvalue weighted by Gasteiger charge is 2.59. The van der Waals surface area contributed by atoms with Crippen molar-refractivity contribution in [2.24, 2.45) is 5.92 Å². The minimum atomic E-state index is -2.21. The molecule has 0 saturated heterocycles. The number of benzene rings is 2. The number of ether oxygens (including phenoxy) is 1. The highest BCUT2D eigenvalue weighted by atomic mass is 16.6. The number of unbranched alkanes of at least 4 members (excludes halogenated alkanes) is 3. The zero-order valence-corrected chi connectivity index (χ0v) is 21.5. The number of aromatic hydroxyl groups is 1. The van der Waals surface area contributed by atoms with Crippen molar-refractivity contribution in [2.75, 3.05) is 0 Å². The minimum Gasteiger partial charge on any atom is -0.507 e. The Morgan fingerprint density at radius 1 is 1.17 bits per heavy atom. The quantitative estimate of drug-likeness (QED) is 0.218. The Kier molecular flexibility index (Phi) is 7.56. The molecule has 3 atom stereocenters. The summed E-state index contributed by atoms with van der Waals surface area (Å²) in [7, 11) is 0. The van der Waals surface area contributed by atoms with Gasteiger partial charge in [-0.15, -0.1) is 0 Å². The van der Waals surface area contributed by atoms with Gasteiger partial charge in [0.25, 0.3) is 0 Å². The van der Waals surface area contributed by atoms with Gasteiger partial charge in [-0.1, -0.05) is 63.8 Å². The van der Waals surface area contributed by atoms with E-state index in [0.29, 0.717) is 16.3 Å². The monoisotopic (exact) mass is 480 g/mol. The SMILES string of the molecule is CCCCCCC(C)C=C(C)C(=O)OC1(C)C(=O)c2c(cc(O)c3c(C)cccc23)C(C)(O)C1=O. The van der Waals surface area contributed by atoms with E-state index in [1.807, 2.05) is 6.92 Å². The Balaban J connectivity index is 1.99. The molecule has 3 unspecified atom stereocenters. The Morgan fingerprint density at radius 3 is 2.51 bits per heavy atom. The number of Topliss-reactive ketones (excluding diaryl/α,β-unsaturated/α-hetero) is 2. The van der Waals surface area contributed by atoms with Gasteiger partial charge in [-0.2, -0.15) is 0 Å². The van der Waals surface area contributed by atoms with Gasteiger partial charge < -0.3 is 14.9 Å². The zero-order valence-electron chi connectivity index (χ0n) is 21.5. The van der Waals surface area contributed by atoms with Crippen molar-refractivity contribution in [3.63, 3.8) is 0 Å². The highest BCUT2D eigenvalue weighted by Crippen LogP contribution is 2.45. The van der Waals surface area contributed by atoms with Gasteiger partial charge in [0.15, 0.2) is 5.60 Å². The molecule has 0 aromatic heterocycles. The molecule has 0 heterocycles. The van der Waals surface area contributed by atoms with Crippen LogP contribution in [0.5, 0.6) is 5.75 Å². The van der Waals surface area contributed by atoms with Gasteiger partial charge in [0, 0.05) is 22.1 Å².